The minimum absolute atomic E-state index is 0.999. The van der Waals surface area contributed by atoms with E-state index in [1.54, 1.807) is 0 Å². The van der Waals surface area contributed by atoms with Gasteiger partial charge in [0.2, 0.25) is 0 Å². The van der Waals surface area contributed by atoms with Gasteiger partial charge in [0, 0.05) is 28.4 Å². The summed E-state index contributed by atoms with van der Waals surface area (Å²) in [6.45, 7) is 3.24. The lowest BCUT2D eigenvalue weighted by molar-refractivity contribution is 0.827. The van der Waals surface area contributed by atoms with Crippen LogP contribution in [0.2, 0.25) is 0 Å². The van der Waals surface area contributed by atoms with Crippen molar-refractivity contribution in [2.75, 3.05) is 0 Å². The molecule has 26 heavy (non-hydrogen) atoms. The van der Waals surface area contributed by atoms with Crippen LogP contribution in [0.5, 0.6) is 0 Å². The highest BCUT2D eigenvalue weighted by Crippen LogP contribution is 2.45. The molecular formula is C25H19N. The number of rotatable bonds is 1. The molecule has 0 unspecified atom stereocenters. The van der Waals surface area contributed by atoms with Crippen molar-refractivity contribution in [2.24, 2.45) is 0 Å². The second-order valence-electron chi connectivity index (χ2n) is 7.24. The van der Waals surface area contributed by atoms with Crippen molar-refractivity contribution in [1.82, 2.24) is 4.57 Å². The van der Waals surface area contributed by atoms with Gasteiger partial charge in [-0.2, -0.15) is 0 Å². The highest BCUT2D eigenvalue weighted by Gasteiger charge is 2.24. The smallest absolute Gasteiger partial charge is 0.0494 e. The summed E-state index contributed by atoms with van der Waals surface area (Å²) in [7, 11) is 0. The fourth-order valence-corrected chi connectivity index (χ4v) is 4.94. The van der Waals surface area contributed by atoms with Gasteiger partial charge in [-0.3, -0.25) is 0 Å². The van der Waals surface area contributed by atoms with Gasteiger partial charge >= 0.3 is 0 Å². The predicted octanol–water partition coefficient (Wildman–Crippen LogP) is 6.54. The lowest BCUT2D eigenvalue weighted by Crippen LogP contribution is -1.93. The Balaban J connectivity index is 1.75. The summed E-state index contributed by atoms with van der Waals surface area (Å²) < 4.78 is 2.45. The van der Waals surface area contributed by atoms with Crippen molar-refractivity contribution < 1.29 is 0 Å². The number of nitrogens with zero attached hydrogens (tertiary/aromatic N) is 1. The Labute approximate surface area is 152 Å². The van der Waals surface area contributed by atoms with Crippen LogP contribution in [0.1, 0.15) is 18.1 Å². The summed E-state index contributed by atoms with van der Waals surface area (Å²) >= 11 is 0. The number of aromatic nitrogens is 1. The van der Waals surface area contributed by atoms with Gasteiger partial charge in [0.25, 0.3) is 0 Å². The third-order valence-electron chi connectivity index (χ3n) is 6.05. The van der Waals surface area contributed by atoms with Crippen molar-refractivity contribution in [2.45, 2.75) is 19.9 Å². The van der Waals surface area contributed by atoms with E-state index in [2.05, 4.69) is 84.3 Å². The fraction of sp³-hybridized carbons (Fsp3) is 0.120. The van der Waals surface area contributed by atoms with Crippen LogP contribution in [0.3, 0.4) is 0 Å². The number of fused-ring (bicyclic) bond motifs is 9. The van der Waals surface area contributed by atoms with E-state index in [9.17, 15) is 0 Å². The second-order valence-corrected chi connectivity index (χ2v) is 7.24. The molecule has 0 radical (unpaired) electrons. The largest absolute Gasteiger partial charge is 0.341 e. The van der Waals surface area contributed by atoms with Crippen molar-refractivity contribution in [3.63, 3.8) is 0 Å². The van der Waals surface area contributed by atoms with E-state index in [-0.39, 0.29) is 0 Å². The van der Waals surface area contributed by atoms with Gasteiger partial charge in [-0.05, 0) is 58.5 Å². The van der Waals surface area contributed by atoms with Crippen LogP contribution in [-0.4, -0.2) is 4.57 Å². The lowest BCUT2D eigenvalue weighted by atomic mass is 9.99. The quantitative estimate of drug-likeness (QED) is 0.322. The number of aryl methyl sites for hydroxylation is 1. The van der Waals surface area contributed by atoms with Crippen LogP contribution >= 0.6 is 0 Å². The number of hydrogen-bond donors (Lipinski definition) is 0. The Morgan fingerprint density at radius 3 is 2.31 bits per heavy atom. The van der Waals surface area contributed by atoms with Crippen molar-refractivity contribution >= 4 is 32.6 Å². The van der Waals surface area contributed by atoms with Gasteiger partial charge in [-0.25, -0.2) is 0 Å². The standard InChI is InChI=1S/C25H19N/c1-2-26-23-10-6-5-9-20(23)25-22-15-21-17-8-4-3-7-16(17)11-12-18(21)19(22)13-14-24(25)26/h3-14H,2,15H2,1H3. The van der Waals surface area contributed by atoms with E-state index in [1.165, 1.54) is 54.8 Å². The van der Waals surface area contributed by atoms with Gasteiger partial charge in [0.05, 0.1) is 0 Å². The average molecular weight is 333 g/mol. The van der Waals surface area contributed by atoms with E-state index in [4.69, 9.17) is 0 Å². The van der Waals surface area contributed by atoms with Crippen molar-refractivity contribution in [3.05, 3.63) is 83.9 Å². The summed E-state index contributed by atoms with van der Waals surface area (Å²) in [6.07, 6.45) is 1.03. The molecule has 0 bridgehead atoms. The van der Waals surface area contributed by atoms with E-state index in [1.807, 2.05) is 0 Å². The minimum atomic E-state index is 0.999. The van der Waals surface area contributed by atoms with Crippen molar-refractivity contribution in [3.8, 4) is 11.1 Å². The van der Waals surface area contributed by atoms with Gasteiger partial charge in [-0.1, -0.05) is 60.7 Å². The topological polar surface area (TPSA) is 4.93 Å². The van der Waals surface area contributed by atoms with Crippen LogP contribution < -0.4 is 0 Å². The fourth-order valence-electron chi connectivity index (χ4n) is 4.94. The number of benzene rings is 4. The van der Waals surface area contributed by atoms with Gasteiger partial charge < -0.3 is 4.57 Å². The van der Waals surface area contributed by atoms with Crippen LogP contribution in [0.25, 0.3) is 43.7 Å². The highest BCUT2D eigenvalue weighted by molar-refractivity contribution is 6.13. The monoisotopic (exact) mass is 333 g/mol. The number of hydrogen-bond acceptors (Lipinski definition) is 0. The highest BCUT2D eigenvalue weighted by atomic mass is 15.0. The Hall–Kier alpha value is -3.06. The molecule has 0 N–H and O–H groups in total. The third kappa shape index (κ3) is 1.65. The van der Waals surface area contributed by atoms with Crippen LogP contribution in [0, 0.1) is 0 Å². The normalized spacial score (nSPS) is 12.8. The maximum Gasteiger partial charge on any atom is 0.0494 e. The minimum Gasteiger partial charge on any atom is -0.341 e. The van der Waals surface area contributed by atoms with Gasteiger partial charge in [0.1, 0.15) is 0 Å². The molecule has 1 heteroatoms. The SMILES string of the molecule is CCn1c2ccccc2c2c3c(ccc21)-c1ccc2ccccc2c1C3. The third-order valence-corrected chi connectivity index (χ3v) is 6.05. The van der Waals surface area contributed by atoms with Crippen LogP contribution in [-0.2, 0) is 13.0 Å². The molecule has 4 aromatic carbocycles. The molecule has 0 atom stereocenters. The first-order valence-corrected chi connectivity index (χ1v) is 9.40. The molecule has 0 saturated carbocycles. The molecule has 1 nitrogen and oxygen atoms in total. The molecule has 0 amide bonds. The molecule has 1 aliphatic rings. The molecule has 6 rings (SSSR count). The van der Waals surface area contributed by atoms with Crippen LogP contribution in [0.4, 0.5) is 0 Å². The average Bonchev–Trinajstić information content (AvgIpc) is 3.23. The molecule has 0 saturated heterocycles. The lowest BCUT2D eigenvalue weighted by Gasteiger charge is -2.06. The Morgan fingerprint density at radius 2 is 1.42 bits per heavy atom. The molecular weight excluding hydrogens is 314 g/mol. The Morgan fingerprint density at radius 1 is 0.692 bits per heavy atom. The van der Waals surface area contributed by atoms with E-state index < -0.39 is 0 Å². The zero-order valence-corrected chi connectivity index (χ0v) is 14.8. The molecule has 0 spiro atoms. The van der Waals surface area contributed by atoms with Crippen molar-refractivity contribution in [1.29, 1.82) is 0 Å². The number of para-hydroxylation sites is 1. The molecule has 5 aromatic rings. The maximum atomic E-state index is 2.45. The second kappa shape index (κ2) is 4.98. The summed E-state index contributed by atoms with van der Waals surface area (Å²) in [5.41, 5.74) is 8.52. The van der Waals surface area contributed by atoms with E-state index in [0.29, 0.717) is 0 Å². The molecule has 1 heterocycles. The summed E-state index contributed by atoms with van der Waals surface area (Å²) in [4.78, 5) is 0. The van der Waals surface area contributed by atoms with E-state index >= 15 is 0 Å². The predicted molar refractivity (Wildman–Crippen MR) is 111 cm³/mol. The first-order chi connectivity index (χ1) is 12.9. The summed E-state index contributed by atoms with van der Waals surface area (Å²) in [5, 5.41) is 5.57. The summed E-state index contributed by atoms with van der Waals surface area (Å²) in [6, 6.07) is 26.9. The zero-order chi connectivity index (χ0) is 17.3. The van der Waals surface area contributed by atoms with Crippen LogP contribution in [0.15, 0.2) is 72.8 Å². The molecule has 1 aromatic heterocycles. The molecule has 0 aliphatic heterocycles. The Kier molecular flexibility index (Phi) is 2.71. The van der Waals surface area contributed by atoms with E-state index in [0.717, 1.165) is 13.0 Å². The van der Waals surface area contributed by atoms with Gasteiger partial charge in [-0.15, -0.1) is 0 Å². The molecule has 0 fully saturated rings. The molecule has 124 valence electrons. The first-order valence-electron chi connectivity index (χ1n) is 9.40. The van der Waals surface area contributed by atoms with Gasteiger partial charge in [0.15, 0.2) is 0 Å². The first kappa shape index (κ1) is 14.1. The zero-order valence-electron chi connectivity index (χ0n) is 14.8. The summed E-state index contributed by atoms with van der Waals surface area (Å²) in [5.74, 6) is 0. The Bertz CT molecular complexity index is 1340. The molecule has 1 aliphatic carbocycles. The maximum absolute atomic E-state index is 2.45.